The molecular weight excluding hydrogens is 363 g/mol. The molecule has 1 aliphatic rings. The van der Waals surface area contributed by atoms with E-state index in [0.29, 0.717) is 12.1 Å². The van der Waals surface area contributed by atoms with Gasteiger partial charge in [-0.05, 0) is 24.3 Å². The van der Waals surface area contributed by atoms with Gasteiger partial charge in [-0.25, -0.2) is 9.37 Å². The third-order valence-electron chi connectivity index (χ3n) is 4.03. The van der Waals surface area contributed by atoms with Crippen molar-refractivity contribution in [1.82, 2.24) is 15.3 Å². The zero-order valence-electron chi connectivity index (χ0n) is 13.4. The number of fused-ring (bicyclic) bond motifs is 1. The molecule has 1 N–H and O–H groups in total. The van der Waals surface area contributed by atoms with Crippen molar-refractivity contribution in [3.05, 3.63) is 48.5 Å². The summed E-state index contributed by atoms with van der Waals surface area (Å²) in [5, 5.41) is 4.23. The highest BCUT2D eigenvalue weighted by Gasteiger charge is 2.26. The first-order valence-electron chi connectivity index (χ1n) is 7.86. The summed E-state index contributed by atoms with van der Waals surface area (Å²) in [5.41, 5.74) is 0.447. The highest BCUT2D eigenvalue weighted by atomic mass is 35.5. The lowest BCUT2D eigenvalue weighted by Crippen LogP contribution is -2.54. The van der Waals surface area contributed by atoms with Crippen molar-refractivity contribution in [2.24, 2.45) is 0 Å². The van der Waals surface area contributed by atoms with Crippen molar-refractivity contribution in [3.8, 4) is 5.75 Å². The largest absolute Gasteiger partial charge is 0.490 e. The van der Waals surface area contributed by atoms with E-state index in [1.807, 2.05) is 18.2 Å². The molecule has 5 nitrogen and oxygen atoms in total. The van der Waals surface area contributed by atoms with Crippen LogP contribution in [0.2, 0.25) is 0 Å². The molecule has 25 heavy (non-hydrogen) atoms. The minimum Gasteiger partial charge on any atom is -0.490 e. The van der Waals surface area contributed by atoms with Gasteiger partial charge in [-0.2, -0.15) is 0 Å². The number of hydrogen-bond acceptors (Lipinski definition) is 6. The van der Waals surface area contributed by atoms with E-state index in [1.54, 1.807) is 18.5 Å². The minimum atomic E-state index is -0.270. The van der Waals surface area contributed by atoms with E-state index in [-0.39, 0.29) is 24.3 Å². The summed E-state index contributed by atoms with van der Waals surface area (Å²) in [7, 11) is 0. The smallest absolute Gasteiger partial charge is 0.187 e. The molecule has 1 aliphatic heterocycles. The van der Waals surface area contributed by atoms with Crippen LogP contribution in [0.25, 0.3) is 10.2 Å². The van der Waals surface area contributed by atoms with Crippen molar-refractivity contribution in [2.75, 3.05) is 31.1 Å². The molecule has 0 bridgehead atoms. The van der Waals surface area contributed by atoms with Crippen LogP contribution in [0.3, 0.4) is 0 Å². The molecule has 0 radical (unpaired) electrons. The summed E-state index contributed by atoms with van der Waals surface area (Å²) in [6.45, 7) is 3.03. The average Bonchev–Trinajstić information content (AvgIpc) is 3.07. The number of piperazine rings is 1. The fraction of sp³-hybridized carbons (Fsp3) is 0.294. The summed E-state index contributed by atoms with van der Waals surface area (Å²) in [6, 6.07) is 8.96. The Labute approximate surface area is 155 Å². The van der Waals surface area contributed by atoms with Crippen LogP contribution >= 0.6 is 23.7 Å². The summed E-state index contributed by atoms with van der Waals surface area (Å²) in [5.74, 6) is 0.478. The zero-order chi connectivity index (χ0) is 16.4. The fourth-order valence-corrected chi connectivity index (χ4v) is 3.89. The Hall–Kier alpha value is -1.96. The third kappa shape index (κ3) is 3.84. The lowest BCUT2D eigenvalue weighted by atomic mass is 10.2. The Balaban J connectivity index is 0.00000182. The van der Waals surface area contributed by atoms with Gasteiger partial charge in [-0.1, -0.05) is 17.4 Å². The summed E-state index contributed by atoms with van der Waals surface area (Å²) in [4.78, 5) is 10.8. The van der Waals surface area contributed by atoms with Crippen LogP contribution < -0.4 is 15.0 Å². The molecule has 0 amide bonds. The molecule has 1 unspecified atom stereocenters. The number of ether oxygens (including phenoxy) is 1. The van der Waals surface area contributed by atoms with Crippen LogP contribution in [0.4, 0.5) is 9.52 Å². The number of thiazole rings is 1. The number of nitrogens with one attached hydrogen (secondary N) is 1. The number of benzene rings is 1. The zero-order valence-corrected chi connectivity index (χ0v) is 15.0. The van der Waals surface area contributed by atoms with E-state index in [2.05, 4.69) is 20.2 Å². The molecule has 4 rings (SSSR count). The molecule has 1 aromatic carbocycles. The molecule has 0 aliphatic carbocycles. The summed E-state index contributed by atoms with van der Waals surface area (Å²) < 4.78 is 20.6. The van der Waals surface area contributed by atoms with Gasteiger partial charge < -0.3 is 15.0 Å². The highest BCUT2D eigenvalue weighted by Crippen LogP contribution is 2.31. The molecule has 3 aromatic rings. The number of para-hydroxylation sites is 1. The molecule has 0 saturated carbocycles. The number of aromatic nitrogens is 2. The fourth-order valence-electron chi connectivity index (χ4n) is 2.81. The maximum Gasteiger partial charge on any atom is 0.187 e. The van der Waals surface area contributed by atoms with Gasteiger partial charge in [0.15, 0.2) is 5.13 Å². The van der Waals surface area contributed by atoms with E-state index in [4.69, 9.17) is 4.74 Å². The van der Waals surface area contributed by atoms with Crippen LogP contribution in [-0.4, -0.2) is 42.3 Å². The molecular formula is C17H18ClFN4OS. The molecule has 1 saturated heterocycles. The molecule has 0 spiro atoms. The van der Waals surface area contributed by atoms with E-state index in [9.17, 15) is 4.39 Å². The van der Waals surface area contributed by atoms with Crippen molar-refractivity contribution in [3.63, 3.8) is 0 Å². The molecule has 8 heteroatoms. The highest BCUT2D eigenvalue weighted by molar-refractivity contribution is 7.22. The van der Waals surface area contributed by atoms with Gasteiger partial charge in [-0.15, -0.1) is 12.4 Å². The number of halogens is 2. The molecule has 2 aromatic heterocycles. The van der Waals surface area contributed by atoms with E-state index in [1.165, 1.54) is 17.4 Å². The number of pyridine rings is 1. The lowest BCUT2D eigenvalue weighted by molar-refractivity contribution is 0.266. The van der Waals surface area contributed by atoms with Gasteiger partial charge in [0, 0.05) is 25.8 Å². The monoisotopic (exact) mass is 380 g/mol. The maximum atomic E-state index is 13.9. The van der Waals surface area contributed by atoms with Crippen LogP contribution in [0.1, 0.15) is 0 Å². The van der Waals surface area contributed by atoms with Gasteiger partial charge in [0.1, 0.15) is 23.7 Å². The van der Waals surface area contributed by atoms with Gasteiger partial charge in [0.2, 0.25) is 0 Å². The van der Waals surface area contributed by atoms with Gasteiger partial charge in [-0.3, -0.25) is 4.98 Å². The molecule has 132 valence electrons. The number of rotatable bonds is 4. The summed E-state index contributed by atoms with van der Waals surface area (Å²) in [6.07, 6.45) is 3.42. The Morgan fingerprint density at radius 2 is 2.24 bits per heavy atom. The molecule has 3 heterocycles. The Morgan fingerprint density at radius 3 is 3.04 bits per heavy atom. The molecule has 1 atom stereocenters. The van der Waals surface area contributed by atoms with E-state index < -0.39 is 0 Å². The lowest BCUT2D eigenvalue weighted by Gasteiger charge is -2.35. The van der Waals surface area contributed by atoms with Crippen molar-refractivity contribution >= 4 is 39.1 Å². The standard InChI is InChI=1S/C17H17FN4OS.ClH/c18-14-4-1-5-15-16(14)21-17(24-15)22-8-7-20-9-12(22)11-23-13-3-2-6-19-10-13;/h1-6,10,12,20H,7-9,11H2;1H. The average molecular weight is 381 g/mol. The van der Waals surface area contributed by atoms with Crippen molar-refractivity contribution < 1.29 is 9.13 Å². The van der Waals surface area contributed by atoms with Crippen LogP contribution in [0.15, 0.2) is 42.7 Å². The van der Waals surface area contributed by atoms with E-state index >= 15 is 0 Å². The normalized spacial score (nSPS) is 17.3. The molecule has 1 fully saturated rings. The first-order chi connectivity index (χ1) is 11.8. The Bertz CT molecular complexity index is 832. The van der Waals surface area contributed by atoms with Crippen LogP contribution in [0.5, 0.6) is 5.75 Å². The third-order valence-corrected chi connectivity index (χ3v) is 5.09. The van der Waals surface area contributed by atoms with Gasteiger partial charge in [0.25, 0.3) is 0 Å². The first kappa shape index (κ1) is 17.8. The predicted octanol–water partition coefficient (Wildman–Crippen LogP) is 3.11. The quantitative estimate of drug-likeness (QED) is 0.753. The van der Waals surface area contributed by atoms with Crippen LogP contribution in [0, 0.1) is 5.82 Å². The predicted molar refractivity (Wildman–Crippen MR) is 101 cm³/mol. The number of nitrogens with zero attached hydrogens (tertiary/aromatic N) is 3. The van der Waals surface area contributed by atoms with Gasteiger partial charge >= 0.3 is 0 Å². The first-order valence-corrected chi connectivity index (χ1v) is 8.68. The number of anilines is 1. The topological polar surface area (TPSA) is 50.3 Å². The summed E-state index contributed by atoms with van der Waals surface area (Å²) >= 11 is 1.52. The minimum absolute atomic E-state index is 0. The second-order valence-electron chi connectivity index (χ2n) is 5.63. The van der Waals surface area contributed by atoms with E-state index in [0.717, 1.165) is 35.2 Å². The Kier molecular flexibility index (Phi) is 5.67. The van der Waals surface area contributed by atoms with Crippen molar-refractivity contribution in [1.29, 1.82) is 0 Å². The second-order valence-corrected chi connectivity index (χ2v) is 6.64. The second kappa shape index (κ2) is 7.95. The van der Waals surface area contributed by atoms with Crippen LogP contribution in [-0.2, 0) is 0 Å². The SMILES string of the molecule is Cl.Fc1cccc2sc(N3CCNCC3COc3cccnc3)nc12. The van der Waals surface area contributed by atoms with Crippen molar-refractivity contribution in [2.45, 2.75) is 6.04 Å². The Morgan fingerprint density at radius 1 is 1.32 bits per heavy atom. The van der Waals surface area contributed by atoms with Gasteiger partial charge in [0.05, 0.1) is 16.9 Å². The maximum absolute atomic E-state index is 13.9. The number of hydrogen-bond donors (Lipinski definition) is 1.